The van der Waals surface area contributed by atoms with Gasteiger partial charge < -0.3 is 10.2 Å². The topological polar surface area (TPSA) is 57.5 Å². The minimum absolute atomic E-state index is 0.348. The van der Waals surface area contributed by atoms with Gasteiger partial charge in [0.25, 0.3) is 0 Å². The molecule has 0 aliphatic rings. The summed E-state index contributed by atoms with van der Waals surface area (Å²) < 4.78 is 0. The van der Waals surface area contributed by atoms with Crippen LogP contribution in [0.15, 0.2) is 30.3 Å². The van der Waals surface area contributed by atoms with Crippen molar-refractivity contribution in [2.75, 3.05) is 5.75 Å². The van der Waals surface area contributed by atoms with Crippen LogP contribution in [0.25, 0.3) is 0 Å². The van der Waals surface area contributed by atoms with Gasteiger partial charge in [0.15, 0.2) is 6.10 Å². The van der Waals surface area contributed by atoms with Crippen LogP contribution < -0.4 is 0 Å². The highest BCUT2D eigenvalue weighted by atomic mass is 32.2. The van der Waals surface area contributed by atoms with Gasteiger partial charge in [0.1, 0.15) is 0 Å². The second-order valence-corrected chi connectivity index (χ2v) is 4.99. The minimum atomic E-state index is -1.20. The van der Waals surface area contributed by atoms with E-state index in [0.717, 1.165) is 24.3 Å². The third-order valence-electron chi connectivity index (χ3n) is 2.41. The molecule has 4 heteroatoms. The Balaban J connectivity index is 2.00. The highest BCUT2D eigenvalue weighted by Crippen LogP contribution is 2.14. The van der Waals surface area contributed by atoms with Crippen molar-refractivity contribution in [1.29, 1.82) is 0 Å². The number of rotatable bonds is 8. The van der Waals surface area contributed by atoms with Crippen LogP contribution >= 0.6 is 11.8 Å². The van der Waals surface area contributed by atoms with Crippen LogP contribution in [0.5, 0.6) is 0 Å². The van der Waals surface area contributed by atoms with Crippen molar-refractivity contribution in [3.05, 3.63) is 35.9 Å². The van der Waals surface area contributed by atoms with E-state index in [1.54, 1.807) is 0 Å². The van der Waals surface area contributed by atoms with Gasteiger partial charge in [0, 0.05) is 5.75 Å². The van der Waals surface area contributed by atoms with Crippen molar-refractivity contribution in [2.45, 2.75) is 31.1 Å². The maximum absolute atomic E-state index is 10.3. The predicted molar refractivity (Wildman–Crippen MR) is 70.1 cm³/mol. The van der Waals surface area contributed by atoms with Gasteiger partial charge >= 0.3 is 5.97 Å². The Morgan fingerprint density at radius 3 is 2.59 bits per heavy atom. The Morgan fingerprint density at radius 2 is 1.94 bits per heavy atom. The average molecular weight is 254 g/mol. The number of carboxylic acids is 1. The fourth-order valence-electron chi connectivity index (χ4n) is 1.43. The van der Waals surface area contributed by atoms with Crippen LogP contribution in [0.4, 0.5) is 0 Å². The molecule has 1 unspecified atom stereocenters. The third kappa shape index (κ3) is 6.34. The van der Waals surface area contributed by atoms with Crippen molar-refractivity contribution >= 4 is 17.7 Å². The normalized spacial score (nSPS) is 12.3. The molecule has 1 atom stereocenters. The van der Waals surface area contributed by atoms with E-state index < -0.39 is 12.1 Å². The number of hydrogen-bond donors (Lipinski definition) is 2. The summed E-state index contributed by atoms with van der Waals surface area (Å²) >= 11 is 1.84. The molecule has 0 fully saturated rings. The zero-order valence-corrected chi connectivity index (χ0v) is 10.5. The van der Waals surface area contributed by atoms with Crippen molar-refractivity contribution in [1.82, 2.24) is 0 Å². The Labute approximate surface area is 106 Å². The molecular weight excluding hydrogens is 236 g/mol. The number of aliphatic hydroxyl groups excluding tert-OH is 1. The number of thioether (sulfide) groups is 1. The van der Waals surface area contributed by atoms with Crippen LogP contribution in [-0.4, -0.2) is 28.0 Å². The van der Waals surface area contributed by atoms with E-state index in [9.17, 15) is 4.79 Å². The smallest absolute Gasteiger partial charge is 0.332 e. The van der Waals surface area contributed by atoms with Crippen LogP contribution in [0, 0.1) is 0 Å². The first-order valence-corrected chi connectivity index (χ1v) is 6.88. The van der Waals surface area contributed by atoms with Gasteiger partial charge in [-0.15, -0.1) is 0 Å². The highest BCUT2D eigenvalue weighted by molar-refractivity contribution is 7.98. The summed E-state index contributed by atoms with van der Waals surface area (Å²) in [4.78, 5) is 10.3. The molecule has 1 aromatic carbocycles. The monoisotopic (exact) mass is 254 g/mol. The van der Waals surface area contributed by atoms with E-state index >= 15 is 0 Å². The zero-order chi connectivity index (χ0) is 12.5. The van der Waals surface area contributed by atoms with Gasteiger partial charge in [-0.3, -0.25) is 0 Å². The summed E-state index contributed by atoms with van der Waals surface area (Å²) in [6.45, 7) is 0. The van der Waals surface area contributed by atoms with Gasteiger partial charge in [0.05, 0.1) is 0 Å². The van der Waals surface area contributed by atoms with Gasteiger partial charge in [-0.05, 0) is 30.6 Å². The quantitative estimate of drug-likeness (QED) is 0.700. The van der Waals surface area contributed by atoms with Gasteiger partial charge in [-0.2, -0.15) is 11.8 Å². The highest BCUT2D eigenvalue weighted by Gasteiger charge is 2.11. The molecule has 1 rings (SSSR count). The van der Waals surface area contributed by atoms with Crippen molar-refractivity contribution in [3.63, 3.8) is 0 Å². The Bertz CT molecular complexity index is 327. The molecule has 17 heavy (non-hydrogen) atoms. The first-order chi connectivity index (χ1) is 8.20. The predicted octanol–water partition coefficient (Wildman–Crippen LogP) is 2.54. The molecular formula is C13H18O3S. The third-order valence-corrected chi connectivity index (χ3v) is 3.53. The molecule has 3 nitrogen and oxygen atoms in total. The molecule has 0 heterocycles. The first-order valence-electron chi connectivity index (χ1n) is 5.72. The summed E-state index contributed by atoms with van der Waals surface area (Å²) in [6.07, 6.45) is 0.854. The lowest BCUT2D eigenvalue weighted by molar-refractivity contribution is -0.146. The van der Waals surface area contributed by atoms with Gasteiger partial charge in [-0.25, -0.2) is 4.79 Å². The second-order valence-electron chi connectivity index (χ2n) is 3.89. The molecule has 0 saturated heterocycles. The van der Waals surface area contributed by atoms with E-state index in [0.29, 0.717) is 6.42 Å². The van der Waals surface area contributed by atoms with Crippen molar-refractivity contribution in [3.8, 4) is 0 Å². The minimum Gasteiger partial charge on any atom is -0.479 e. The maximum Gasteiger partial charge on any atom is 0.332 e. The number of hydrogen-bond acceptors (Lipinski definition) is 3. The molecule has 0 spiro atoms. The largest absolute Gasteiger partial charge is 0.479 e. The van der Waals surface area contributed by atoms with Crippen molar-refractivity contribution < 1.29 is 15.0 Å². The lowest BCUT2D eigenvalue weighted by atomic mass is 10.2. The molecule has 0 aliphatic carbocycles. The summed E-state index contributed by atoms with van der Waals surface area (Å²) in [5, 5.41) is 17.5. The van der Waals surface area contributed by atoms with Crippen LogP contribution in [0.2, 0.25) is 0 Å². The van der Waals surface area contributed by atoms with Gasteiger partial charge in [0.2, 0.25) is 0 Å². The fraction of sp³-hybridized carbons (Fsp3) is 0.462. The Morgan fingerprint density at radius 1 is 1.24 bits per heavy atom. The van der Waals surface area contributed by atoms with Crippen molar-refractivity contribution in [2.24, 2.45) is 0 Å². The summed E-state index contributed by atoms with van der Waals surface area (Å²) in [7, 11) is 0. The number of carbonyl (C=O) groups is 1. The molecule has 2 N–H and O–H groups in total. The molecule has 94 valence electrons. The number of aliphatic hydroxyl groups is 1. The summed E-state index contributed by atoms with van der Waals surface area (Å²) in [5.41, 5.74) is 1.31. The van der Waals surface area contributed by atoms with Crippen LogP contribution in [0.1, 0.15) is 24.8 Å². The molecule has 0 saturated carbocycles. The molecule has 0 radical (unpaired) electrons. The van der Waals surface area contributed by atoms with Gasteiger partial charge in [-0.1, -0.05) is 30.3 Å². The summed E-state index contributed by atoms with van der Waals surface area (Å²) in [5.74, 6) is 0.866. The maximum atomic E-state index is 10.3. The lowest BCUT2D eigenvalue weighted by Crippen LogP contribution is -2.18. The lowest BCUT2D eigenvalue weighted by Gasteiger charge is -2.05. The van der Waals surface area contributed by atoms with E-state index in [2.05, 4.69) is 12.1 Å². The molecule has 0 bridgehead atoms. The van der Waals surface area contributed by atoms with Crippen LogP contribution in [0.3, 0.4) is 0 Å². The standard InChI is InChI=1S/C13H18O3S/c14-12(13(15)16)8-4-5-9-17-10-11-6-2-1-3-7-11/h1-3,6-7,12,14H,4-5,8-10H2,(H,15,16). The Kier molecular flexibility index (Phi) is 6.74. The number of aliphatic carboxylic acids is 1. The SMILES string of the molecule is O=C(O)C(O)CCCCSCc1ccccc1. The van der Waals surface area contributed by atoms with E-state index in [1.165, 1.54) is 5.56 Å². The Hall–Kier alpha value is -1.00. The second kappa shape index (κ2) is 8.14. The summed E-state index contributed by atoms with van der Waals surface area (Å²) in [6, 6.07) is 10.3. The van der Waals surface area contributed by atoms with Crippen LogP contribution in [-0.2, 0) is 10.5 Å². The number of benzene rings is 1. The molecule has 0 amide bonds. The fourth-order valence-corrected chi connectivity index (χ4v) is 2.41. The van der Waals surface area contributed by atoms with E-state index in [1.807, 2.05) is 30.0 Å². The number of unbranched alkanes of at least 4 members (excludes halogenated alkanes) is 1. The molecule has 0 aliphatic heterocycles. The number of carboxylic acid groups (broad SMARTS) is 1. The molecule has 1 aromatic rings. The first kappa shape index (κ1) is 14.1. The average Bonchev–Trinajstić information content (AvgIpc) is 2.34. The van der Waals surface area contributed by atoms with E-state index in [4.69, 9.17) is 10.2 Å². The zero-order valence-electron chi connectivity index (χ0n) is 9.71. The molecule has 0 aromatic heterocycles. The van der Waals surface area contributed by atoms with E-state index in [-0.39, 0.29) is 0 Å².